The Bertz CT molecular complexity index is 640. The molecule has 132 valence electrons. The van der Waals surface area contributed by atoms with Crippen LogP contribution in [0, 0.1) is 11.8 Å². The van der Waals surface area contributed by atoms with E-state index in [0.29, 0.717) is 17.3 Å². The Hall–Kier alpha value is -1.36. The summed E-state index contributed by atoms with van der Waals surface area (Å²) in [5.74, 6) is -0.0834. The van der Waals surface area contributed by atoms with E-state index in [1.165, 1.54) is 6.92 Å². The van der Waals surface area contributed by atoms with Crippen molar-refractivity contribution in [2.45, 2.75) is 45.8 Å². The second-order valence-electron chi connectivity index (χ2n) is 6.78. The summed E-state index contributed by atoms with van der Waals surface area (Å²) in [7, 11) is 0. The minimum absolute atomic E-state index is 0.0311. The molecule has 0 saturated carbocycles. The highest BCUT2D eigenvalue weighted by Gasteiger charge is 2.50. The summed E-state index contributed by atoms with van der Waals surface area (Å²) in [6.07, 6.45) is 7.46. The first-order valence-electron chi connectivity index (χ1n) is 8.24. The van der Waals surface area contributed by atoms with Gasteiger partial charge in [0.1, 0.15) is 11.9 Å². The molecule has 4 atom stereocenters. The number of fused-ring (bicyclic) bond motifs is 1. The fraction of sp³-hybridized carbons (Fsp3) is 0.526. The number of Topliss-reactive ketones (excluding diaryl/α,β-unsaturated/α-hetero) is 1. The van der Waals surface area contributed by atoms with Crippen LogP contribution in [0.15, 0.2) is 46.2 Å². The number of carbonyl (C=O) groups is 1. The number of ether oxygens (including phenoxy) is 1. The third kappa shape index (κ3) is 3.66. The number of aliphatic hydroxyl groups excluding tert-OH is 1. The lowest BCUT2D eigenvalue weighted by Gasteiger charge is -2.40. The van der Waals surface area contributed by atoms with Crippen LogP contribution in [-0.2, 0) is 9.53 Å². The predicted molar refractivity (Wildman–Crippen MR) is 94.4 cm³/mol. The van der Waals surface area contributed by atoms with Crippen molar-refractivity contribution in [1.29, 1.82) is 0 Å². The SMILES string of the molecule is CC[C@H](C)/C=C(C)/C=C/C1=CC2=C(Cl)C(=O)[C@@](C)(O)[C@@H](O)C2CO1. The van der Waals surface area contributed by atoms with Gasteiger partial charge in [-0.3, -0.25) is 4.79 Å². The van der Waals surface area contributed by atoms with Crippen molar-refractivity contribution in [2.24, 2.45) is 11.8 Å². The second kappa shape index (κ2) is 7.26. The van der Waals surface area contributed by atoms with Gasteiger partial charge in [-0.1, -0.05) is 49.6 Å². The number of allylic oxidation sites excluding steroid dienone is 5. The van der Waals surface area contributed by atoms with E-state index in [2.05, 4.69) is 19.9 Å². The molecule has 2 N–H and O–H groups in total. The molecule has 0 radical (unpaired) electrons. The fourth-order valence-electron chi connectivity index (χ4n) is 2.88. The maximum absolute atomic E-state index is 12.1. The predicted octanol–water partition coefficient (Wildman–Crippen LogP) is 3.25. The smallest absolute Gasteiger partial charge is 0.208 e. The highest BCUT2D eigenvalue weighted by atomic mass is 35.5. The van der Waals surface area contributed by atoms with Gasteiger partial charge in [-0.2, -0.15) is 0 Å². The van der Waals surface area contributed by atoms with Crippen molar-refractivity contribution in [3.63, 3.8) is 0 Å². The molecule has 4 nitrogen and oxygen atoms in total. The van der Waals surface area contributed by atoms with Crippen LogP contribution in [-0.4, -0.2) is 34.3 Å². The summed E-state index contributed by atoms with van der Waals surface area (Å²) in [5.41, 5.74) is -0.236. The number of rotatable bonds is 4. The van der Waals surface area contributed by atoms with Crippen molar-refractivity contribution in [2.75, 3.05) is 6.61 Å². The summed E-state index contributed by atoms with van der Waals surface area (Å²) in [5, 5.41) is 20.4. The third-order valence-corrected chi connectivity index (χ3v) is 5.09. The molecule has 1 unspecified atom stereocenters. The van der Waals surface area contributed by atoms with Crippen LogP contribution in [0.1, 0.15) is 34.1 Å². The molecule has 0 aromatic rings. The number of carbonyl (C=O) groups excluding carboxylic acids is 1. The summed E-state index contributed by atoms with van der Waals surface area (Å²) < 4.78 is 5.65. The summed E-state index contributed by atoms with van der Waals surface area (Å²) >= 11 is 6.13. The lowest BCUT2D eigenvalue weighted by Crippen LogP contribution is -2.55. The van der Waals surface area contributed by atoms with E-state index in [9.17, 15) is 15.0 Å². The Morgan fingerprint density at radius 1 is 1.58 bits per heavy atom. The standard InChI is InChI=1S/C19H25ClO4/c1-5-11(2)8-12(3)6-7-13-9-14-15(10-24-13)17(21)19(4,23)18(22)16(14)20/h6-9,11,15,17,21,23H,5,10H2,1-4H3/b7-6+,12-8+/t11-,15?,17-,19-/m0/s1. The number of halogens is 1. The number of hydrogen-bond acceptors (Lipinski definition) is 4. The molecular formula is C19H25ClO4. The van der Waals surface area contributed by atoms with Crippen LogP contribution in [0.25, 0.3) is 0 Å². The molecule has 1 aliphatic heterocycles. The lowest BCUT2D eigenvalue weighted by atomic mass is 9.75. The van der Waals surface area contributed by atoms with E-state index in [4.69, 9.17) is 16.3 Å². The van der Waals surface area contributed by atoms with Crippen molar-refractivity contribution < 1.29 is 19.7 Å². The van der Waals surface area contributed by atoms with Crippen LogP contribution < -0.4 is 0 Å². The molecule has 1 aliphatic carbocycles. The molecule has 0 spiro atoms. The molecule has 0 aromatic carbocycles. The minimum atomic E-state index is -1.88. The van der Waals surface area contributed by atoms with Crippen LogP contribution >= 0.6 is 11.6 Å². The number of hydrogen-bond donors (Lipinski definition) is 2. The van der Waals surface area contributed by atoms with Crippen molar-refractivity contribution in [3.05, 3.63) is 46.2 Å². The Morgan fingerprint density at radius 3 is 2.88 bits per heavy atom. The summed E-state index contributed by atoms with van der Waals surface area (Å²) in [6, 6.07) is 0. The van der Waals surface area contributed by atoms with Crippen LogP contribution in [0.2, 0.25) is 0 Å². The van der Waals surface area contributed by atoms with Gasteiger partial charge in [-0.15, -0.1) is 0 Å². The largest absolute Gasteiger partial charge is 0.493 e. The average Bonchev–Trinajstić information content (AvgIpc) is 2.56. The van der Waals surface area contributed by atoms with Gasteiger partial charge in [0.25, 0.3) is 0 Å². The van der Waals surface area contributed by atoms with E-state index in [1.54, 1.807) is 6.08 Å². The zero-order valence-corrected chi connectivity index (χ0v) is 15.3. The maximum atomic E-state index is 12.1. The van der Waals surface area contributed by atoms with Gasteiger partial charge < -0.3 is 14.9 Å². The van der Waals surface area contributed by atoms with Crippen molar-refractivity contribution in [3.8, 4) is 0 Å². The molecule has 0 fully saturated rings. The first kappa shape index (κ1) is 19.0. The number of aliphatic hydroxyl groups is 2. The van der Waals surface area contributed by atoms with Gasteiger partial charge in [0.05, 0.1) is 11.6 Å². The first-order chi connectivity index (χ1) is 11.2. The molecule has 0 bridgehead atoms. The molecule has 2 aliphatic rings. The molecular weight excluding hydrogens is 328 g/mol. The monoisotopic (exact) mass is 352 g/mol. The Kier molecular flexibility index (Phi) is 5.74. The van der Waals surface area contributed by atoms with Crippen molar-refractivity contribution in [1.82, 2.24) is 0 Å². The molecule has 1 heterocycles. The summed E-state index contributed by atoms with van der Waals surface area (Å²) in [4.78, 5) is 12.1. The highest BCUT2D eigenvalue weighted by molar-refractivity contribution is 6.44. The second-order valence-corrected chi connectivity index (χ2v) is 7.16. The molecule has 24 heavy (non-hydrogen) atoms. The van der Waals surface area contributed by atoms with E-state index >= 15 is 0 Å². The van der Waals surface area contributed by atoms with Gasteiger partial charge in [0, 0.05) is 5.92 Å². The lowest BCUT2D eigenvalue weighted by molar-refractivity contribution is -0.150. The van der Waals surface area contributed by atoms with Gasteiger partial charge in [0.15, 0.2) is 5.60 Å². The van der Waals surface area contributed by atoms with Gasteiger partial charge in [0.2, 0.25) is 5.78 Å². The average molecular weight is 353 g/mol. The topological polar surface area (TPSA) is 66.8 Å². The van der Waals surface area contributed by atoms with Gasteiger partial charge >= 0.3 is 0 Å². The molecule has 2 rings (SSSR count). The van der Waals surface area contributed by atoms with Crippen LogP contribution in [0.5, 0.6) is 0 Å². The van der Waals surface area contributed by atoms with Crippen LogP contribution in [0.3, 0.4) is 0 Å². The Labute approximate surface area is 148 Å². The van der Waals surface area contributed by atoms with Crippen molar-refractivity contribution >= 4 is 17.4 Å². The zero-order valence-electron chi connectivity index (χ0n) is 14.5. The maximum Gasteiger partial charge on any atom is 0.208 e. The van der Waals surface area contributed by atoms with E-state index < -0.39 is 23.4 Å². The minimum Gasteiger partial charge on any atom is -0.493 e. The first-order valence-corrected chi connectivity index (χ1v) is 8.62. The quantitative estimate of drug-likeness (QED) is 0.762. The molecule has 0 aromatic heterocycles. The Morgan fingerprint density at radius 2 is 2.25 bits per heavy atom. The molecule has 5 heteroatoms. The Balaban J connectivity index is 2.28. The van der Waals surface area contributed by atoms with Crippen LogP contribution in [0.4, 0.5) is 0 Å². The molecule has 0 amide bonds. The zero-order chi connectivity index (χ0) is 18.1. The molecule has 0 saturated heterocycles. The highest BCUT2D eigenvalue weighted by Crippen LogP contribution is 2.40. The van der Waals surface area contributed by atoms with E-state index in [0.717, 1.165) is 12.0 Å². The fourth-order valence-corrected chi connectivity index (χ4v) is 3.26. The van der Waals surface area contributed by atoms with E-state index in [1.807, 2.05) is 19.1 Å². The number of ketones is 1. The normalized spacial score (nSPS) is 32.5. The van der Waals surface area contributed by atoms with Gasteiger partial charge in [-0.05, 0) is 37.5 Å². The summed E-state index contributed by atoms with van der Waals surface area (Å²) in [6.45, 7) is 7.76. The van der Waals surface area contributed by atoms with Gasteiger partial charge in [-0.25, -0.2) is 0 Å². The third-order valence-electron chi connectivity index (χ3n) is 4.70. The van der Waals surface area contributed by atoms with E-state index in [-0.39, 0.29) is 11.6 Å².